The first-order chi connectivity index (χ1) is 15.4. The topological polar surface area (TPSA) is 56.5 Å². The average Bonchev–Trinajstić information content (AvgIpc) is 2.77. The molecule has 4 nitrogen and oxygen atoms in total. The Balaban J connectivity index is 1.33. The highest BCUT2D eigenvalue weighted by Crippen LogP contribution is 2.37. The van der Waals surface area contributed by atoms with E-state index in [0.29, 0.717) is 30.6 Å². The molecule has 1 heterocycles. The lowest BCUT2D eigenvalue weighted by Crippen LogP contribution is -2.34. The largest absolute Gasteiger partial charge is 0.490 e. The summed E-state index contributed by atoms with van der Waals surface area (Å²) >= 11 is 0. The Morgan fingerprint density at radius 2 is 1.75 bits per heavy atom. The zero-order valence-corrected chi connectivity index (χ0v) is 17.8. The molecule has 0 bridgehead atoms. The minimum absolute atomic E-state index is 0.231. The smallest absolute Gasteiger partial charge is 0.417 e. The molecule has 1 saturated carbocycles. The van der Waals surface area contributed by atoms with E-state index in [0.717, 1.165) is 43.9 Å². The van der Waals surface area contributed by atoms with Gasteiger partial charge in [-0.2, -0.15) is 18.4 Å². The second kappa shape index (κ2) is 9.41. The lowest BCUT2D eigenvalue weighted by Gasteiger charge is -2.35. The van der Waals surface area contributed by atoms with Gasteiger partial charge in [0, 0.05) is 25.4 Å². The highest BCUT2D eigenvalue weighted by Gasteiger charge is 2.34. The maximum atomic E-state index is 13.3. The Morgan fingerprint density at radius 1 is 1.06 bits per heavy atom. The van der Waals surface area contributed by atoms with Crippen LogP contribution in [0.2, 0.25) is 0 Å². The first kappa shape index (κ1) is 22.5. The van der Waals surface area contributed by atoms with Gasteiger partial charge in [0.25, 0.3) is 0 Å². The summed E-state index contributed by atoms with van der Waals surface area (Å²) in [6.45, 7) is 1.57. The van der Waals surface area contributed by atoms with Gasteiger partial charge in [-0.25, -0.2) is 0 Å². The number of anilines is 1. The van der Waals surface area contributed by atoms with E-state index in [9.17, 15) is 13.2 Å². The molecule has 2 aromatic carbocycles. The van der Waals surface area contributed by atoms with Gasteiger partial charge in [-0.3, -0.25) is 0 Å². The van der Waals surface area contributed by atoms with Crippen LogP contribution in [0.5, 0.6) is 5.75 Å². The number of benzene rings is 2. The van der Waals surface area contributed by atoms with Crippen molar-refractivity contribution in [2.75, 3.05) is 24.6 Å². The van der Waals surface area contributed by atoms with Crippen molar-refractivity contribution in [3.63, 3.8) is 0 Å². The van der Waals surface area contributed by atoms with Crippen LogP contribution < -0.4 is 9.64 Å². The van der Waals surface area contributed by atoms with Crippen molar-refractivity contribution in [1.29, 1.82) is 5.26 Å². The second-order valence-corrected chi connectivity index (χ2v) is 8.76. The first-order valence-corrected chi connectivity index (χ1v) is 11.1. The predicted octanol–water partition coefficient (Wildman–Crippen LogP) is 5.50. The Bertz CT molecular complexity index is 955. The fraction of sp³-hybridized carbons (Fsp3) is 0.480. The van der Waals surface area contributed by atoms with E-state index in [2.05, 4.69) is 12.1 Å². The predicted molar refractivity (Wildman–Crippen MR) is 116 cm³/mol. The van der Waals surface area contributed by atoms with Crippen LogP contribution in [0.15, 0.2) is 42.5 Å². The number of hydrogen-bond acceptors (Lipinski definition) is 4. The molecule has 2 fully saturated rings. The van der Waals surface area contributed by atoms with E-state index >= 15 is 0 Å². The summed E-state index contributed by atoms with van der Waals surface area (Å²) in [6.07, 6.45) is 0.229. The Morgan fingerprint density at radius 3 is 2.34 bits per heavy atom. The van der Waals surface area contributed by atoms with E-state index in [1.54, 1.807) is 12.1 Å². The van der Waals surface area contributed by atoms with Gasteiger partial charge in [0.1, 0.15) is 5.75 Å². The van der Waals surface area contributed by atoms with Crippen LogP contribution >= 0.6 is 0 Å². The van der Waals surface area contributed by atoms with Crippen molar-refractivity contribution in [2.24, 2.45) is 5.92 Å². The van der Waals surface area contributed by atoms with Crippen LogP contribution in [-0.4, -0.2) is 30.9 Å². The SMILES string of the molecule is N#Cc1ccc(N2CCC(c3ccc(O[C@H]4C[C@H](CCO)C4)cc3)CC2)cc1C(F)(F)F. The number of alkyl halides is 3. The first-order valence-electron chi connectivity index (χ1n) is 11.1. The van der Waals surface area contributed by atoms with E-state index < -0.39 is 11.7 Å². The normalized spacial score (nSPS) is 21.7. The highest BCUT2D eigenvalue weighted by atomic mass is 19.4. The number of aliphatic hydroxyl groups excluding tert-OH is 1. The van der Waals surface area contributed by atoms with Crippen LogP contribution in [-0.2, 0) is 6.18 Å². The molecule has 1 aliphatic carbocycles. The molecule has 4 rings (SSSR count). The molecule has 7 heteroatoms. The summed E-state index contributed by atoms with van der Waals surface area (Å²) in [5.41, 5.74) is 0.520. The summed E-state index contributed by atoms with van der Waals surface area (Å²) in [5.74, 6) is 1.78. The van der Waals surface area contributed by atoms with E-state index in [4.69, 9.17) is 15.1 Å². The van der Waals surface area contributed by atoms with Crippen LogP contribution in [0, 0.1) is 17.2 Å². The Hall–Kier alpha value is -2.72. The molecule has 0 aromatic heterocycles. The van der Waals surface area contributed by atoms with Crippen LogP contribution in [0.1, 0.15) is 54.7 Å². The average molecular weight is 444 g/mol. The molecule has 0 spiro atoms. The molecule has 1 saturated heterocycles. The molecular weight excluding hydrogens is 417 g/mol. The van der Waals surface area contributed by atoms with Gasteiger partial charge in [-0.05, 0) is 79.8 Å². The van der Waals surface area contributed by atoms with Crippen molar-refractivity contribution >= 4 is 5.69 Å². The maximum absolute atomic E-state index is 13.3. The molecule has 0 atom stereocenters. The summed E-state index contributed by atoms with van der Waals surface area (Å²) in [7, 11) is 0. The van der Waals surface area contributed by atoms with Crippen molar-refractivity contribution in [2.45, 2.75) is 50.3 Å². The van der Waals surface area contributed by atoms with Crippen molar-refractivity contribution < 1.29 is 23.0 Å². The minimum Gasteiger partial charge on any atom is -0.490 e. The highest BCUT2D eigenvalue weighted by molar-refractivity contribution is 5.55. The van der Waals surface area contributed by atoms with E-state index in [1.807, 2.05) is 17.0 Å². The van der Waals surface area contributed by atoms with Crippen LogP contribution in [0.25, 0.3) is 0 Å². The lowest BCUT2D eigenvalue weighted by atomic mass is 9.80. The molecule has 2 aliphatic rings. The Labute approximate surface area is 186 Å². The van der Waals surface area contributed by atoms with Crippen LogP contribution in [0.4, 0.5) is 18.9 Å². The number of nitrogens with zero attached hydrogens (tertiary/aromatic N) is 2. The zero-order chi connectivity index (χ0) is 22.7. The monoisotopic (exact) mass is 444 g/mol. The van der Waals surface area contributed by atoms with Crippen molar-refractivity contribution in [3.05, 3.63) is 59.2 Å². The fourth-order valence-electron chi connectivity index (χ4n) is 4.73. The lowest BCUT2D eigenvalue weighted by molar-refractivity contribution is -0.137. The third-order valence-electron chi connectivity index (χ3n) is 6.67. The van der Waals surface area contributed by atoms with Crippen LogP contribution in [0.3, 0.4) is 0 Å². The Kier molecular flexibility index (Phi) is 6.61. The summed E-state index contributed by atoms with van der Waals surface area (Å²) in [5, 5.41) is 18.0. The third kappa shape index (κ3) is 5.02. The minimum atomic E-state index is -4.54. The quantitative estimate of drug-likeness (QED) is 0.639. The van der Waals surface area contributed by atoms with Crippen molar-refractivity contribution in [3.8, 4) is 11.8 Å². The number of aliphatic hydroxyl groups is 1. The van der Waals surface area contributed by atoms with E-state index in [-0.39, 0.29) is 18.3 Å². The number of rotatable bonds is 6. The molecule has 2 aromatic rings. The number of nitriles is 1. The molecule has 1 aliphatic heterocycles. The fourth-order valence-corrected chi connectivity index (χ4v) is 4.73. The van der Waals surface area contributed by atoms with Gasteiger partial charge in [0.05, 0.1) is 23.3 Å². The number of ether oxygens (including phenoxy) is 1. The standard InChI is InChI=1S/C25H27F3N2O2/c26-25(27,28)24-15-21(4-1-20(24)16-29)30-10-7-19(8-11-30)18-2-5-22(6-3-18)32-23-13-17(14-23)9-12-31/h1-6,15,17,19,23,31H,7-14H2/t17-,23-. The number of halogens is 3. The second-order valence-electron chi connectivity index (χ2n) is 8.76. The molecule has 0 amide bonds. The van der Waals surface area contributed by atoms with Crippen molar-refractivity contribution in [1.82, 2.24) is 0 Å². The maximum Gasteiger partial charge on any atom is 0.417 e. The molecule has 170 valence electrons. The number of hydrogen-bond donors (Lipinski definition) is 1. The number of piperidine rings is 1. The zero-order valence-electron chi connectivity index (χ0n) is 17.8. The molecular formula is C25H27F3N2O2. The molecule has 0 radical (unpaired) electrons. The molecule has 1 N–H and O–H groups in total. The molecule has 0 unspecified atom stereocenters. The van der Waals surface area contributed by atoms with Gasteiger partial charge in [0.2, 0.25) is 0 Å². The summed E-state index contributed by atoms with van der Waals surface area (Å²) < 4.78 is 45.8. The van der Waals surface area contributed by atoms with Gasteiger partial charge in [-0.1, -0.05) is 12.1 Å². The summed E-state index contributed by atoms with van der Waals surface area (Å²) in [4.78, 5) is 1.96. The van der Waals surface area contributed by atoms with Gasteiger partial charge in [0.15, 0.2) is 0 Å². The summed E-state index contributed by atoms with van der Waals surface area (Å²) in [6, 6.07) is 13.8. The van der Waals surface area contributed by atoms with Gasteiger partial charge < -0.3 is 14.7 Å². The van der Waals surface area contributed by atoms with E-state index in [1.165, 1.54) is 11.6 Å². The third-order valence-corrected chi connectivity index (χ3v) is 6.67. The van der Waals surface area contributed by atoms with Gasteiger partial charge >= 0.3 is 6.18 Å². The molecule has 32 heavy (non-hydrogen) atoms. The van der Waals surface area contributed by atoms with Gasteiger partial charge in [-0.15, -0.1) is 0 Å².